The van der Waals surface area contributed by atoms with Crippen molar-refractivity contribution >= 4 is 17.5 Å². The van der Waals surface area contributed by atoms with Crippen LogP contribution in [0.3, 0.4) is 0 Å². The average molecular weight is 310 g/mol. The van der Waals surface area contributed by atoms with Crippen molar-refractivity contribution in [3.63, 3.8) is 0 Å². The molecule has 1 amide bonds. The number of benzene rings is 1. The van der Waals surface area contributed by atoms with Gasteiger partial charge in [-0.05, 0) is 24.6 Å². The number of halogens is 1. The molecule has 0 aromatic heterocycles. The molecule has 1 saturated heterocycles. The molecule has 1 atom stereocenters. The molecule has 0 bridgehead atoms. The Labute approximate surface area is 132 Å². The van der Waals surface area contributed by atoms with Gasteiger partial charge in [0.25, 0.3) is 0 Å². The molecule has 2 rings (SSSR count). The van der Waals surface area contributed by atoms with Gasteiger partial charge >= 0.3 is 0 Å². The monoisotopic (exact) mass is 309 g/mol. The molecule has 1 heterocycles. The number of hydrogen-bond acceptors (Lipinski definition) is 3. The Balaban J connectivity index is 1.80. The summed E-state index contributed by atoms with van der Waals surface area (Å²) in [5.74, 6) is 0.118. The zero-order valence-corrected chi connectivity index (χ0v) is 13.6. The minimum absolute atomic E-state index is 0.118. The highest BCUT2D eigenvalue weighted by Gasteiger charge is 2.22. The number of carbonyl (C=O) groups excluding carboxylic acids is 1. The summed E-state index contributed by atoms with van der Waals surface area (Å²) >= 11 is 5.94. The van der Waals surface area contributed by atoms with Crippen LogP contribution in [-0.4, -0.2) is 55.5 Å². The Hall–Kier alpha value is -1.10. The number of carbonyl (C=O) groups is 1. The largest absolute Gasteiger partial charge is 0.359 e. The minimum atomic E-state index is 0.118. The van der Waals surface area contributed by atoms with Crippen LogP contribution in [0.15, 0.2) is 24.3 Å². The predicted octanol–water partition coefficient (Wildman–Crippen LogP) is 2.15. The summed E-state index contributed by atoms with van der Waals surface area (Å²) in [6, 6.07) is 8.51. The summed E-state index contributed by atoms with van der Waals surface area (Å²) < 4.78 is 0. The first kappa shape index (κ1) is 16.3. The lowest BCUT2D eigenvalue weighted by atomic mass is 10.1. The third-order valence-corrected chi connectivity index (χ3v) is 4.49. The van der Waals surface area contributed by atoms with Crippen LogP contribution < -0.4 is 5.32 Å². The number of nitrogens with zero attached hydrogens (tertiary/aromatic N) is 2. The molecule has 1 aromatic carbocycles. The van der Waals surface area contributed by atoms with E-state index in [-0.39, 0.29) is 5.91 Å². The smallest absolute Gasteiger partial charge is 0.221 e. The molecule has 116 valence electrons. The SMILES string of the molecule is CNC(=O)CCN1CCN(C(C)c2ccc(Cl)cc2)CC1. The van der Waals surface area contributed by atoms with E-state index in [1.165, 1.54) is 5.56 Å². The van der Waals surface area contributed by atoms with Crippen LogP contribution in [0, 0.1) is 0 Å². The van der Waals surface area contributed by atoms with E-state index in [0.717, 1.165) is 37.7 Å². The van der Waals surface area contributed by atoms with E-state index >= 15 is 0 Å². The summed E-state index contributed by atoms with van der Waals surface area (Å²) in [4.78, 5) is 16.1. The fourth-order valence-corrected chi connectivity index (χ4v) is 2.84. The molecule has 0 spiro atoms. The molecule has 1 aromatic rings. The lowest BCUT2D eigenvalue weighted by Crippen LogP contribution is -2.47. The summed E-state index contributed by atoms with van der Waals surface area (Å²) in [6.45, 7) is 7.21. The van der Waals surface area contributed by atoms with Gasteiger partial charge in [-0.1, -0.05) is 23.7 Å². The van der Waals surface area contributed by atoms with Gasteiger partial charge in [0, 0.05) is 57.3 Å². The molecule has 5 heteroatoms. The first-order valence-corrected chi connectivity index (χ1v) is 7.90. The molecular formula is C16H24ClN3O. The van der Waals surface area contributed by atoms with Crippen molar-refractivity contribution < 1.29 is 4.79 Å². The van der Waals surface area contributed by atoms with Crippen LogP contribution in [-0.2, 0) is 4.79 Å². The molecule has 21 heavy (non-hydrogen) atoms. The van der Waals surface area contributed by atoms with E-state index < -0.39 is 0 Å². The number of nitrogens with one attached hydrogen (secondary N) is 1. The third kappa shape index (κ3) is 4.70. The van der Waals surface area contributed by atoms with Crippen LogP contribution in [0.5, 0.6) is 0 Å². The zero-order valence-electron chi connectivity index (χ0n) is 12.8. The highest BCUT2D eigenvalue weighted by molar-refractivity contribution is 6.30. The number of amides is 1. The molecule has 4 nitrogen and oxygen atoms in total. The minimum Gasteiger partial charge on any atom is -0.359 e. The van der Waals surface area contributed by atoms with E-state index in [2.05, 4.69) is 34.2 Å². The van der Waals surface area contributed by atoms with Crippen molar-refractivity contribution in [1.29, 1.82) is 0 Å². The van der Waals surface area contributed by atoms with Crippen molar-refractivity contribution in [2.75, 3.05) is 39.8 Å². The molecule has 1 aliphatic rings. The fourth-order valence-electron chi connectivity index (χ4n) is 2.71. The molecule has 0 aliphatic carbocycles. The van der Waals surface area contributed by atoms with E-state index in [4.69, 9.17) is 11.6 Å². The Bertz CT molecular complexity index is 455. The summed E-state index contributed by atoms with van der Waals surface area (Å²) in [7, 11) is 1.69. The standard InChI is InChI=1S/C16H24ClN3O/c1-13(14-3-5-15(17)6-4-14)20-11-9-19(10-12-20)8-7-16(21)18-2/h3-6,13H,7-12H2,1-2H3,(H,18,21). The fraction of sp³-hybridized carbons (Fsp3) is 0.562. The molecule has 1 aliphatic heterocycles. The molecular weight excluding hydrogens is 286 g/mol. The Morgan fingerprint density at radius 3 is 2.43 bits per heavy atom. The van der Waals surface area contributed by atoms with Gasteiger partial charge in [0.15, 0.2) is 0 Å². The highest BCUT2D eigenvalue weighted by atomic mass is 35.5. The van der Waals surface area contributed by atoms with Crippen molar-refractivity contribution in [1.82, 2.24) is 15.1 Å². The van der Waals surface area contributed by atoms with Gasteiger partial charge < -0.3 is 10.2 Å². The molecule has 1 N–H and O–H groups in total. The maximum Gasteiger partial charge on any atom is 0.221 e. The summed E-state index contributed by atoms with van der Waals surface area (Å²) in [5.41, 5.74) is 1.30. The van der Waals surface area contributed by atoms with Crippen molar-refractivity contribution in [3.8, 4) is 0 Å². The van der Waals surface area contributed by atoms with Gasteiger partial charge in [-0.3, -0.25) is 9.69 Å². The van der Waals surface area contributed by atoms with Crippen LogP contribution in [0.1, 0.15) is 24.9 Å². The normalized spacial score (nSPS) is 18.4. The van der Waals surface area contributed by atoms with Crippen LogP contribution in [0.2, 0.25) is 5.02 Å². The molecule has 0 radical (unpaired) electrons. The first-order chi connectivity index (χ1) is 10.1. The average Bonchev–Trinajstić information content (AvgIpc) is 2.53. The zero-order chi connectivity index (χ0) is 15.2. The Morgan fingerprint density at radius 1 is 1.24 bits per heavy atom. The molecule has 0 saturated carbocycles. The lowest BCUT2D eigenvalue weighted by molar-refractivity contribution is -0.121. The quantitative estimate of drug-likeness (QED) is 0.905. The van der Waals surface area contributed by atoms with E-state index in [0.29, 0.717) is 12.5 Å². The second-order valence-electron chi connectivity index (χ2n) is 5.53. The van der Waals surface area contributed by atoms with Gasteiger partial charge in [0.1, 0.15) is 0 Å². The van der Waals surface area contributed by atoms with Gasteiger partial charge in [0.2, 0.25) is 5.91 Å². The van der Waals surface area contributed by atoms with Crippen molar-refractivity contribution in [3.05, 3.63) is 34.9 Å². The maximum atomic E-state index is 11.3. The highest BCUT2D eigenvalue weighted by Crippen LogP contribution is 2.23. The van der Waals surface area contributed by atoms with Crippen LogP contribution in [0.25, 0.3) is 0 Å². The second kappa shape index (κ2) is 7.78. The lowest BCUT2D eigenvalue weighted by Gasteiger charge is -2.38. The van der Waals surface area contributed by atoms with Gasteiger partial charge in [-0.2, -0.15) is 0 Å². The van der Waals surface area contributed by atoms with Gasteiger partial charge in [0.05, 0.1) is 0 Å². The van der Waals surface area contributed by atoms with E-state index in [1.807, 2.05) is 12.1 Å². The molecule has 1 unspecified atom stereocenters. The van der Waals surface area contributed by atoms with Crippen molar-refractivity contribution in [2.45, 2.75) is 19.4 Å². The Morgan fingerprint density at radius 2 is 1.86 bits per heavy atom. The first-order valence-electron chi connectivity index (χ1n) is 7.52. The second-order valence-corrected chi connectivity index (χ2v) is 5.96. The van der Waals surface area contributed by atoms with Gasteiger partial charge in [-0.15, -0.1) is 0 Å². The Kier molecular flexibility index (Phi) is 6.03. The number of piperazine rings is 1. The van der Waals surface area contributed by atoms with Crippen LogP contribution >= 0.6 is 11.6 Å². The molecule has 1 fully saturated rings. The predicted molar refractivity (Wildman–Crippen MR) is 86.6 cm³/mol. The van der Waals surface area contributed by atoms with E-state index in [1.54, 1.807) is 7.05 Å². The number of rotatable bonds is 5. The van der Waals surface area contributed by atoms with Gasteiger partial charge in [-0.25, -0.2) is 0 Å². The topological polar surface area (TPSA) is 35.6 Å². The van der Waals surface area contributed by atoms with Crippen molar-refractivity contribution in [2.24, 2.45) is 0 Å². The number of hydrogen-bond donors (Lipinski definition) is 1. The van der Waals surface area contributed by atoms with E-state index in [9.17, 15) is 4.79 Å². The summed E-state index contributed by atoms with van der Waals surface area (Å²) in [6.07, 6.45) is 0.587. The van der Waals surface area contributed by atoms with Crippen LogP contribution in [0.4, 0.5) is 0 Å². The maximum absolute atomic E-state index is 11.3. The summed E-state index contributed by atoms with van der Waals surface area (Å²) in [5, 5.41) is 3.45. The third-order valence-electron chi connectivity index (χ3n) is 4.24.